The first-order valence-corrected chi connectivity index (χ1v) is 6.41. The maximum absolute atomic E-state index is 3.58. The quantitative estimate of drug-likeness (QED) is 0.795. The number of nitrogens with one attached hydrogen (secondary N) is 1. The maximum Gasteiger partial charge on any atom is 0.0459 e. The largest absolute Gasteiger partial charge is 0.358 e. The summed E-state index contributed by atoms with van der Waals surface area (Å²) >= 11 is 0. The van der Waals surface area contributed by atoms with Gasteiger partial charge in [0, 0.05) is 22.6 Å². The van der Waals surface area contributed by atoms with Gasteiger partial charge in [0.2, 0.25) is 0 Å². The van der Waals surface area contributed by atoms with Gasteiger partial charge in [0.15, 0.2) is 0 Å². The molecule has 1 N–H and O–H groups in total. The third kappa shape index (κ3) is 1.77. The number of H-pyrrole nitrogens is 1. The van der Waals surface area contributed by atoms with Gasteiger partial charge in [-0.25, -0.2) is 0 Å². The highest BCUT2D eigenvalue weighted by molar-refractivity contribution is 5.85. The number of rotatable bonds is 1. The Labute approximate surface area is 103 Å². The number of aromatic nitrogens is 1. The molecule has 0 fully saturated rings. The van der Waals surface area contributed by atoms with Crippen molar-refractivity contribution in [3.8, 4) is 0 Å². The SMILES string of the molecule is Cc1ccc2[nH]c3c(c2c1)C[C@@H](N(C)C)CC3. The Hall–Kier alpha value is -1.28. The molecular weight excluding hydrogens is 208 g/mol. The van der Waals surface area contributed by atoms with E-state index in [0.29, 0.717) is 6.04 Å². The van der Waals surface area contributed by atoms with Crippen LogP contribution in [0.4, 0.5) is 0 Å². The van der Waals surface area contributed by atoms with Crippen molar-refractivity contribution in [1.29, 1.82) is 0 Å². The standard InChI is InChI=1S/C15H20N2/c1-10-4-6-14-12(8-10)13-9-11(17(2)3)5-7-15(13)16-14/h4,6,8,11,16H,5,7,9H2,1-3H3/t11-/m0/s1. The van der Waals surface area contributed by atoms with Crippen LogP contribution < -0.4 is 0 Å². The minimum absolute atomic E-state index is 0.696. The van der Waals surface area contributed by atoms with Gasteiger partial charge in [-0.15, -0.1) is 0 Å². The summed E-state index contributed by atoms with van der Waals surface area (Å²) in [5, 5.41) is 1.44. The molecule has 0 saturated carbocycles. The van der Waals surface area contributed by atoms with Crippen LogP contribution in [-0.2, 0) is 12.8 Å². The van der Waals surface area contributed by atoms with Crippen molar-refractivity contribution in [2.24, 2.45) is 0 Å². The normalized spacial score (nSPS) is 19.9. The molecular formula is C15H20N2. The first kappa shape index (κ1) is 10.8. The zero-order chi connectivity index (χ0) is 12.0. The lowest BCUT2D eigenvalue weighted by molar-refractivity contribution is 0.268. The average molecular weight is 228 g/mol. The van der Waals surface area contributed by atoms with Crippen LogP contribution in [-0.4, -0.2) is 30.0 Å². The van der Waals surface area contributed by atoms with E-state index in [1.54, 1.807) is 5.56 Å². The molecule has 0 unspecified atom stereocenters. The van der Waals surface area contributed by atoms with Crippen LogP contribution in [0.15, 0.2) is 18.2 Å². The lowest BCUT2D eigenvalue weighted by atomic mass is 9.90. The molecule has 90 valence electrons. The Morgan fingerprint density at radius 2 is 2.12 bits per heavy atom. The molecule has 0 amide bonds. The summed E-state index contributed by atoms with van der Waals surface area (Å²) in [5.41, 5.74) is 5.67. The van der Waals surface area contributed by atoms with Crippen LogP contribution in [0.1, 0.15) is 23.2 Å². The summed E-state index contributed by atoms with van der Waals surface area (Å²) in [6.07, 6.45) is 3.64. The summed E-state index contributed by atoms with van der Waals surface area (Å²) in [7, 11) is 4.38. The number of hydrogen-bond donors (Lipinski definition) is 1. The molecule has 1 aromatic carbocycles. The Morgan fingerprint density at radius 1 is 1.29 bits per heavy atom. The second kappa shape index (κ2) is 3.88. The van der Waals surface area contributed by atoms with Gasteiger partial charge in [0.1, 0.15) is 0 Å². The number of nitrogens with zero attached hydrogens (tertiary/aromatic N) is 1. The van der Waals surface area contributed by atoms with E-state index in [1.807, 2.05) is 0 Å². The fourth-order valence-corrected chi connectivity index (χ4v) is 2.95. The number of benzene rings is 1. The Morgan fingerprint density at radius 3 is 2.88 bits per heavy atom. The molecule has 0 radical (unpaired) electrons. The van der Waals surface area contributed by atoms with Crippen molar-refractivity contribution in [1.82, 2.24) is 9.88 Å². The van der Waals surface area contributed by atoms with Crippen molar-refractivity contribution in [2.45, 2.75) is 32.2 Å². The van der Waals surface area contributed by atoms with E-state index in [4.69, 9.17) is 0 Å². The molecule has 0 spiro atoms. The fraction of sp³-hybridized carbons (Fsp3) is 0.467. The number of hydrogen-bond acceptors (Lipinski definition) is 1. The molecule has 1 atom stereocenters. The lowest BCUT2D eigenvalue weighted by Gasteiger charge is -2.28. The Bertz CT molecular complexity index is 551. The van der Waals surface area contributed by atoms with Gasteiger partial charge in [-0.05, 0) is 58.0 Å². The molecule has 2 heteroatoms. The second-order valence-electron chi connectivity index (χ2n) is 5.49. The van der Waals surface area contributed by atoms with E-state index in [9.17, 15) is 0 Å². The number of fused-ring (bicyclic) bond motifs is 3. The van der Waals surface area contributed by atoms with E-state index in [2.05, 4.69) is 49.1 Å². The maximum atomic E-state index is 3.58. The first-order valence-electron chi connectivity index (χ1n) is 6.41. The van der Waals surface area contributed by atoms with Crippen molar-refractivity contribution in [3.05, 3.63) is 35.0 Å². The van der Waals surface area contributed by atoms with E-state index < -0.39 is 0 Å². The van der Waals surface area contributed by atoms with Gasteiger partial charge in [-0.1, -0.05) is 11.6 Å². The predicted molar refractivity (Wildman–Crippen MR) is 72.5 cm³/mol. The topological polar surface area (TPSA) is 19.0 Å². The summed E-state index contributed by atoms with van der Waals surface area (Å²) in [5.74, 6) is 0. The third-order valence-corrected chi connectivity index (χ3v) is 4.05. The van der Waals surface area contributed by atoms with Crippen LogP contribution in [0.3, 0.4) is 0 Å². The van der Waals surface area contributed by atoms with E-state index in [1.165, 1.54) is 41.4 Å². The molecule has 1 heterocycles. The lowest BCUT2D eigenvalue weighted by Crippen LogP contribution is -2.33. The van der Waals surface area contributed by atoms with Crippen molar-refractivity contribution in [3.63, 3.8) is 0 Å². The molecule has 2 aromatic rings. The van der Waals surface area contributed by atoms with Gasteiger partial charge in [0.25, 0.3) is 0 Å². The Balaban J connectivity index is 2.10. The minimum Gasteiger partial charge on any atom is -0.358 e. The molecule has 0 aliphatic heterocycles. The van der Waals surface area contributed by atoms with Gasteiger partial charge in [0.05, 0.1) is 0 Å². The summed E-state index contributed by atoms with van der Waals surface area (Å²) in [4.78, 5) is 5.94. The number of likely N-dealkylation sites (N-methyl/N-ethyl adjacent to an activating group) is 1. The highest BCUT2D eigenvalue weighted by Gasteiger charge is 2.23. The van der Waals surface area contributed by atoms with Crippen LogP contribution >= 0.6 is 0 Å². The van der Waals surface area contributed by atoms with Crippen LogP contribution in [0.5, 0.6) is 0 Å². The Kier molecular flexibility index (Phi) is 2.48. The number of aromatic amines is 1. The molecule has 17 heavy (non-hydrogen) atoms. The smallest absolute Gasteiger partial charge is 0.0459 e. The van der Waals surface area contributed by atoms with E-state index in [-0.39, 0.29) is 0 Å². The molecule has 2 nitrogen and oxygen atoms in total. The molecule has 0 bridgehead atoms. The second-order valence-corrected chi connectivity index (χ2v) is 5.49. The predicted octanol–water partition coefficient (Wildman–Crippen LogP) is 2.90. The molecule has 1 aromatic heterocycles. The minimum atomic E-state index is 0.696. The van der Waals surface area contributed by atoms with Gasteiger partial charge in [-0.3, -0.25) is 0 Å². The summed E-state index contributed by atoms with van der Waals surface area (Å²) < 4.78 is 0. The van der Waals surface area contributed by atoms with Crippen LogP contribution in [0.2, 0.25) is 0 Å². The highest BCUT2D eigenvalue weighted by Crippen LogP contribution is 2.30. The van der Waals surface area contributed by atoms with Crippen LogP contribution in [0, 0.1) is 6.92 Å². The summed E-state index contributed by atoms with van der Waals surface area (Å²) in [6.45, 7) is 2.17. The molecule has 0 saturated heterocycles. The van der Waals surface area contributed by atoms with Crippen molar-refractivity contribution in [2.75, 3.05) is 14.1 Å². The van der Waals surface area contributed by atoms with Crippen molar-refractivity contribution >= 4 is 10.9 Å². The average Bonchev–Trinajstić information content (AvgIpc) is 2.66. The van der Waals surface area contributed by atoms with E-state index >= 15 is 0 Å². The summed E-state index contributed by atoms with van der Waals surface area (Å²) in [6, 6.07) is 7.42. The monoisotopic (exact) mass is 228 g/mol. The zero-order valence-corrected chi connectivity index (χ0v) is 10.9. The molecule has 1 aliphatic rings. The van der Waals surface area contributed by atoms with Gasteiger partial charge < -0.3 is 9.88 Å². The fourth-order valence-electron chi connectivity index (χ4n) is 2.95. The van der Waals surface area contributed by atoms with Crippen molar-refractivity contribution < 1.29 is 0 Å². The first-order chi connectivity index (χ1) is 8.15. The van der Waals surface area contributed by atoms with Gasteiger partial charge in [-0.2, -0.15) is 0 Å². The van der Waals surface area contributed by atoms with E-state index in [0.717, 1.165) is 0 Å². The molecule has 1 aliphatic carbocycles. The van der Waals surface area contributed by atoms with Crippen LogP contribution in [0.25, 0.3) is 10.9 Å². The highest BCUT2D eigenvalue weighted by atomic mass is 15.1. The third-order valence-electron chi connectivity index (χ3n) is 4.05. The zero-order valence-electron chi connectivity index (χ0n) is 10.9. The van der Waals surface area contributed by atoms with Gasteiger partial charge >= 0.3 is 0 Å². The number of aryl methyl sites for hydroxylation is 2. The molecule has 3 rings (SSSR count).